The van der Waals surface area contributed by atoms with E-state index >= 15 is 0 Å². The minimum atomic E-state index is -1.73. The summed E-state index contributed by atoms with van der Waals surface area (Å²) in [6.07, 6.45) is -16.2. The Morgan fingerprint density at radius 2 is 1.42 bits per heavy atom. The van der Waals surface area contributed by atoms with Gasteiger partial charge in [0.15, 0.2) is 18.9 Å². The zero-order chi connectivity index (χ0) is 69.4. The number of benzene rings is 2. The highest BCUT2D eigenvalue weighted by molar-refractivity contribution is 5.82. The molecule has 0 bridgehead atoms. The first-order valence-corrected chi connectivity index (χ1v) is 34.1. The van der Waals surface area contributed by atoms with Crippen LogP contribution in [0.1, 0.15) is 122 Å². The number of hydrogen-bond acceptors (Lipinski definition) is 24. The highest BCUT2D eigenvalue weighted by atomic mass is 19.1. The number of likely N-dealkylation sites (tertiary alicyclic amines) is 1. The number of nitrogens with zero attached hydrogens (tertiary/aromatic N) is 4. The number of hydrogen-bond donors (Lipinski definition) is 13. The lowest BCUT2D eigenvalue weighted by Crippen LogP contribution is -2.67. The van der Waals surface area contributed by atoms with Crippen molar-refractivity contribution in [1.82, 2.24) is 35.8 Å². The molecule has 10 unspecified atom stereocenters. The third-order valence-corrected chi connectivity index (χ3v) is 20.4. The minimum Gasteiger partial charge on any atom is -0.397 e. The second kappa shape index (κ2) is 33.6. The second-order valence-electron chi connectivity index (χ2n) is 27.1. The highest BCUT2D eigenvalue weighted by Crippen LogP contribution is 2.42. The van der Waals surface area contributed by atoms with Crippen LogP contribution < -0.4 is 21.7 Å². The van der Waals surface area contributed by atoms with Crippen molar-refractivity contribution in [2.45, 2.75) is 239 Å². The summed E-state index contributed by atoms with van der Waals surface area (Å²) in [5.74, 6) is -4.69. The molecule has 3 aliphatic carbocycles. The molecule has 7 fully saturated rings. The summed E-state index contributed by atoms with van der Waals surface area (Å²) in [5.41, 5.74) is 7.18. The van der Waals surface area contributed by atoms with Gasteiger partial charge in [0.25, 0.3) is 5.91 Å². The Morgan fingerprint density at radius 1 is 0.742 bits per heavy atom. The molecule has 4 saturated heterocycles. The number of aliphatic hydroxyl groups is 9. The number of ether oxygens (including phenoxy) is 7. The Hall–Kier alpha value is -5.78. The maximum Gasteiger partial charge on any atom is 0.251 e. The topological polar surface area (TPSA) is 411 Å². The summed E-state index contributed by atoms with van der Waals surface area (Å²) in [4.78, 5) is 58.2. The lowest BCUT2D eigenvalue weighted by molar-refractivity contribution is -0.338. The van der Waals surface area contributed by atoms with Crippen LogP contribution in [0, 0.1) is 35.3 Å². The van der Waals surface area contributed by atoms with E-state index in [9.17, 15) is 73.9 Å². The third kappa shape index (κ3) is 17.7. The molecule has 3 saturated carbocycles. The van der Waals surface area contributed by atoms with Crippen LogP contribution in [0.5, 0.6) is 0 Å². The number of carbonyl (C=O) groups excluding carboxylic acids is 4. The van der Waals surface area contributed by atoms with Crippen molar-refractivity contribution in [1.29, 1.82) is 0 Å². The molecule has 1 aromatic heterocycles. The number of nitrogens with two attached hydrogens (primary N) is 1. The number of nitrogens with one attached hydrogen (secondary N) is 3. The fourth-order valence-corrected chi connectivity index (χ4v) is 14.7. The maximum atomic E-state index is 14.7. The van der Waals surface area contributed by atoms with Gasteiger partial charge in [0, 0.05) is 62.1 Å². The van der Waals surface area contributed by atoms with E-state index in [-0.39, 0.29) is 79.6 Å². The fourth-order valence-electron chi connectivity index (χ4n) is 14.7. The molecule has 3 aromatic rings. The summed E-state index contributed by atoms with van der Waals surface area (Å²) in [5, 5.41) is 118. The number of carbonyl (C=O) groups is 4. The summed E-state index contributed by atoms with van der Waals surface area (Å²) in [6, 6.07) is 7.38. The third-order valence-electron chi connectivity index (χ3n) is 20.4. The van der Waals surface area contributed by atoms with Gasteiger partial charge in [-0.2, -0.15) is 0 Å². The van der Waals surface area contributed by atoms with Gasteiger partial charge in [-0.25, -0.2) is 13.5 Å². The molecule has 4 aliphatic heterocycles. The molecule has 30 heteroatoms. The van der Waals surface area contributed by atoms with Gasteiger partial charge in [-0.15, -0.1) is 5.10 Å². The molecule has 538 valence electrons. The number of rotatable bonds is 26. The monoisotopic (exact) mass is 1370 g/mol. The van der Waals surface area contributed by atoms with Gasteiger partial charge in [0.1, 0.15) is 96.3 Å². The number of aliphatic hydroxyl groups excluding tert-OH is 9. The Balaban J connectivity index is 0.853. The number of amides is 3. The Labute approximate surface area is 561 Å². The molecule has 7 aliphatic rings. The van der Waals surface area contributed by atoms with Crippen LogP contribution >= 0.6 is 0 Å². The van der Waals surface area contributed by atoms with Gasteiger partial charge in [-0.05, 0) is 88.0 Å². The van der Waals surface area contributed by atoms with Gasteiger partial charge in [0.05, 0.1) is 61.6 Å². The maximum absolute atomic E-state index is 14.7. The smallest absolute Gasteiger partial charge is 0.251 e. The Bertz CT molecular complexity index is 3130. The molecule has 97 heavy (non-hydrogen) atoms. The number of aromatic nitrogens is 3. The molecule has 24 atom stereocenters. The van der Waals surface area contributed by atoms with E-state index in [1.165, 1.54) is 67.3 Å². The summed E-state index contributed by atoms with van der Waals surface area (Å²) < 4.78 is 74.4. The first-order chi connectivity index (χ1) is 46.5. The molecule has 5 heterocycles. The molecule has 10 rings (SSSR count). The van der Waals surface area contributed by atoms with E-state index in [4.69, 9.17) is 38.9 Å². The van der Waals surface area contributed by atoms with E-state index in [0.29, 0.717) is 31.5 Å². The van der Waals surface area contributed by atoms with Crippen LogP contribution in [0.2, 0.25) is 0 Å². The van der Waals surface area contributed by atoms with Crippen molar-refractivity contribution >= 4 is 29.2 Å². The lowest BCUT2D eigenvalue weighted by atomic mass is 9.74. The van der Waals surface area contributed by atoms with Crippen molar-refractivity contribution in [3.63, 3.8) is 0 Å². The van der Waals surface area contributed by atoms with Gasteiger partial charge < -0.3 is 106 Å². The average molecular weight is 1370 g/mol. The molecular weight excluding hydrogens is 1270 g/mol. The minimum absolute atomic E-state index is 0.0194. The summed E-state index contributed by atoms with van der Waals surface area (Å²) in [6.45, 7) is 4.19. The molecule has 0 spiro atoms. The Morgan fingerprint density at radius 3 is 2.10 bits per heavy atom. The normalized spacial score (nSPS) is 36.2. The van der Waals surface area contributed by atoms with E-state index < -0.39 is 183 Å². The average Bonchev–Trinajstić information content (AvgIpc) is 1.59. The van der Waals surface area contributed by atoms with Gasteiger partial charge in [-0.3, -0.25) is 19.2 Å². The van der Waals surface area contributed by atoms with Gasteiger partial charge in [0.2, 0.25) is 11.8 Å². The molecule has 2 aromatic carbocycles. The first-order valence-electron chi connectivity index (χ1n) is 34.1. The molecule has 14 N–H and O–H groups in total. The van der Waals surface area contributed by atoms with Crippen LogP contribution in [-0.4, -0.2) is 245 Å². The van der Waals surface area contributed by atoms with Gasteiger partial charge >= 0.3 is 0 Å². The highest BCUT2D eigenvalue weighted by Gasteiger charge is 2.54. The van der Waals surface area contributed by atoms with Gasteiger partial charge in [-0.1, -0.05) is 74.9 Å². The predicted molar refractivity (Wildman–Crippen MR) is 338 cm³/mol. The number of Topliss-reactive ketones (excluding diaryl/α,β-unsaturated/α-hetero) is 1. The van der Waals surface area contributed by atoms with Crippen molar-refractivity contribution < 1.29 is 107 Å². The standard InChI is InChI=1S/C67H96F2N8O20/c1-4-36-23-39(27-48(61(36)97-67-60(88)59(87)54(82)33(2)91-67)94-65-53(73-34(3)80)62(57(85)51(32-79)95-65)92-49(64(90)76-20-11-21-76)22-35-12-6-5-7-13-35)46(81)18-10-19-71-63(89)40-26-45(77-30-44(74-75-77)38-15-9-17-42(69)25-38)55(83)47(28-40)93-66-58(86)52(56(84)50(31-78)96-66)72-29-43(70)37-14-8-16-41(68)24-37/h8-9,14-17,24-25,29-30,33,35-36,39-40,45,47-62,65-67,72,78-79,82-88H,4-7,10-13,18-23,26-28,31-32,70H2,1-3H3,(H,71,89)(H,73,80)/b43-29-/t33?,36?,39?,40-,45?,47+,48+,49-,50?,51?,52?,53?,54+,55?,56-,57-,58+,59-,60?,61+,62+,65+,66+,67-/m0/s1. The van der Waals surface area contributed by atoms with Crippen LogP contribution in [0.25, 0.3) is 17.0 Å². The van der Waals surface area contributed by atoms with E-state index in [1.807, 2.05) is 6.92 Å². The van der Waals surface area contributed by atoms with Crippen molar-refractivity contribution in [3.05, 3.63) is 78.1 Å². The lowest BCUT2D eigenvalue weighted by Gasteiger charge is -2.49. The number of halogens is 2. The zero-order valence-electron chi connectivity index (χ0n) is 54.8. The van der Waals surface area contributed by atoms with Crippen molar-refractivity contribution in [3.8, 4) is 11.3 Å². The zero-order valence-corrected chi connectivity index (χ0v) is 54.8. The summed E-state index contributed by atoms with van der Waals surface area (Å²) in [7, 11) is 0. The summed E-state index contributed by atoms with van der Waals surface area (Å²) >= 11 is 0. The largest absolute Gasteiger partial charge is 0.397 e. The van der Waals surface area contributed by atoms with Crippen molar-refractivity contribution in [2.24, 2.45) is 29.4 Å². The molecule has 28 nitrogen and oxygen atoms in total. The molecular formula is C67H96F2N8O20. The number of ketones is 1. The van der Waals surface area contributed by atoms with E-state index in [1.54, 1.807) is 17.0 Å². The quantitative estimate of drug-likeness (QED) is 0.0481. The van der Waals surface area contributed by atoms with Crippen LogP contribution in [0.15, 0.2) is 60.9 Å². The van der Waals surface area contributed by atoms with Crippen LogP contribution in [0.3, 0.4) is 0 Å². The first kappa shape index (κ1) is 73.9. The van der Waals surface area contributed by atoms with Crippen LogP contribution in [-0.2, 0) is 52.3 Å². The van der Waals surface area contributed by atoms with Crippen molar-refractivity contribution in [2.75, 3.05) is 32.8 Å². The fraction of sp³-hybridized carbons (Fsp3) is 0.701. The Kier molecular flexibility index (Phi) is 25.6. The van der Waals surface area contributed by atoms with E-state index in [2.05, 4.69) is 26.3 Å². The molecule has 3 amide bonds. The van der Waals surface area contributed by atoms with Crippen LogP contribution in [0.4, 0.5) is 8.78 Å². The SMILES string of the molecule is CCC1CC(C(=O)CCCNC(=O)[C@H]2CC(n3cc(-c4cccc(F)c4)nn3)C(O)[C@H](O[C@@H]3OC(CO)[C@H](O)C(N/C=C(\N)c4cccc(F)c4)[C@H]3O)C2)C[C@@H](O[C@@H]2OC(CO)[C@H](O)[C@H](O[C@@H](CC3CCCCC3)C(=O)N3CCC3)C2NC(C)=O)[C@@H]1O[C@@H]1OC(C)[C@@H](O)[C@H](O)C1O. The second-order valence-corrected chi connectivity index (χ2v) is 27.1. The van der Waals surface area contributed by atoms with E-state index in [0.717, 1.165) is 38.5 Å². The molecule has 0 radical (unpaired) electrons. The predicted octanol–water partition coefficient (Wildman–Crippen LogP) is 0.314.